The first-order valence-electron chi connectivity index (χ1n) is 7.93. The fourth-order valence-corrected chi connectivity index (χ4v) is 3.21. The van der Waals surface area contributed by atoms with Crippen molar-refractivity contribution in [2.75, 3.05) is 19.6 Å². The molecule has 2 aromatic rings. The standard InChI is InChI=1S/C18H24N2O/c1-2-20-11-9-15(10-12-20)19-13-17-16-6-4-3-5-14(16)7-8-18(17)21/h3-8,15,19,21H,2,9-13H2,1H3. The van der Waals surface area contributed by atoms with Crippen LogP contribution in [0.3, 0.4) is 0 Å². The van der Waals surface area contributed by atoms with Gasteiger partial charge in [0.1, 0.15) is 5.75 Å². The number of nitrogens with zero attached hydrogens (tertiary/aromatic N) is 1. The fraction of sp³-hybridized carbons (Fsp3) is 0.444. The van der Waals surface area contributed by atoms with Crippen LogP contribution in [0.4, 0.5) is 0 Å². The van der Waals surface area contributed by atoms with E-state index in [1.54, 1.807) is 6.07 Å². The van der Waals surface area contributed by atoms with Gasteiger partial charge in [-0.3, -0.25) is 0 Å². The molecular weight excluding hydrogens is 260 g/mol. The number of aromatic hydroxyl groups is 1. The highest BCUT2D eigenvalue weighted by Crippen LogP contribution is 2.27. The van der Waals surface area contributed by atoms with E-state index in [-0.39, 0.29) is 0 Å². The molecule has 3 heteroatoms. The number of hydrogen-bond acceptors (Lipinski definition) is 3. The molecular formula is C18H24N2O. The van der Waals surface area contributed by atoms with Crippen molar-refractivity contribution < 1.29 is 5.11 Å². The lowest BCUT2D eigenvalue weighted by Crippen LogP contribution is -2.42. The SMILES string of the molecule is CCN1CCC(NCc2c(O)ccc3ccccc23)CC1. The van der Waals surface area contributed by atoms with Crippen molar-refractivity contribution in [1.29, 1.82) is 0 Å². The van der Waals surface area contributed by atoms with Crippen molar-refractivity contribution >= 4 is 10.8 Å². The van der Waals surface area contributed by atoms with Crippen LogP contribution in [0, 0.1) is 0 Å². The van der Waals surface area contributed by atoms with Gasteiger partial charge in [0.05, 0.1) is 0 Å². The minimum Gasteiger partial charge on any atom is -0.508 e. The fourth-order valence-electron chi connectivity index (χ4n) is 3.21. The molecule has 1 aliphatic rings. The first-order chi connectivity index (χ1) is 10.3. The van der Waals surface area contributed by atoms with Crippen LogP contribution in [0.2, 0.25) is 0 Å². The summed E-state index contributed by atoms with van der Waals surface area (Å²) < 4.78 is 0. The van der Waals surface area contributed by atoms with E-state index in [9.17, 15) is 5.11 Å². The molecule has 0 spiro atoms. The third kappa shape index (κ3) is 3.20. The van der Waals surface area contributed by atoms with E-state index >= 15 is 0 Å². The number of likely N-dealkylation sites (tertiary alicyclic amines) is 1. The predicted octanol–water partition coefficient (Wildman–Crippen LogP) is 3.12. The molecule has 0 atom stereocenters. The van der Waals surface area contributed by atoms with Gasteiger partial charge in [-0.05, 0) is 49.3 Å². The number of hydrogen-bond donors (Lipinski definition) is 2. The van der Waals surface area contributed by atoms with Gasteiger partial charge < -0.3 is 15.3 Å². The largest absolute Gasteiger partial charge is 0.508 e. The van der Waals surface area contributed by atoms with E-state index in [4.69, 9.17) is 0 Å². The molecule has 1 saturated heterocycles. The summed E-state index contributed by atoms with van der Waals surface area (Å²) >= 11 is 0. The zero-order chi connectivity index (χ0) is 14.7. The van der Waals surface area contributed by atoms with Gasteiger partial charge in [-0.1, -0.05) is 37.3 Å². The van der Waals surface area contributed by atoms with Crippen molar-refractivity contribution in [2.45, 2.75) is 32.4 Å². The van der Waals surface area contributed by atoms with E-state index in [0.29, 0.717) is 11.8 Å². The molecule has 0 radical (unpaired) electrons. The van der Waals surface area contributed by atoms with Gasteiger partial charge in [-0.15, -0.1) is 0 Å². The second kappa shape index (κ2) is 6.46. The second-order valence-electron chi connectivity index (χ2n) is 5.87. The smallest absolute Gasteiger partial charge is 0.120 e. The summed E-state index contributed by atoms with van der Waals surface area (Å²) in [4.78, 5) is 2.49. The Bertz CT molecular complexity index is 603. The molecule has 0 aliphatic carbocycles. The first kappa shape index (κ1) is 14.4. The lowest BCUT2D eigenvalue weighted by molar-refractivity contribution is 0.205. The Hall–Kier alpha value is -1.58. The average Bonchev–Trinajstić information content (AvgIpc) is 2.54. The highest BCUT2D eigenvalue weighted by Gasteiger charge is 2.18. The number of phenolic OH excluding ortho intramolecular Hbond substituents is 1. The molecule has 2 aromatic carbocycles. The third-order valence-electron chi connectivity index (χ3n) is 4.62. The maximum atomic E-state index is 10.2. The van der Waals surface area contributed by atoms with Crippen molar-refractivity contribution in [3.63, 3.8) is 0 Å². The van der Waals surface area contributed by atoms with Crippen molar-refractivity contribution in [3.8, 4) is 5.75 Å². The van der Waals surface area contributed by atoms with E-state index in [1.165, 1.54) is 31.3 Å². The molecule has 0 saturated carbocycles. The normalized spacial score (nSPS) is 17.4. The zero-order valence-corrected chi connectivity index (χ0v) is 12.7. The van der Waals surface area contributed by atoms with Crippen LogP contribution in [-0.2, 0) is 6.54 Å². The van der Waals surface area contributed by atoms with Gasteiger partial charge in [-0.2, -0.15) is 0 Å². The summed E-state index contributed by atoms with van der Waals surface area (Å²) in [7, 11) is 0. The highest BCUT2D eigenvalue weighted by molar-refractivity contribution is 5.87. The molecule has 0 aromatic heterocycles. The van der Waals surface area contributed by atoms with Gasteiger partial charge in [0.2, 0.25) is 0 Å². The van der Waals surface area contributed by atoms with Gasteiger partial charge in [-0.25, -0.2) is 0 Å². The molecule has 3 rings (SSSR count). The van der Waals surface area contributed by atoms with Gasteiger partial charge in [0.15, 0.2) is 0 Å². The van der Waals surface area contributed by atoms with Crippen LogP contribution in [0.25, 0.3) is 10.8 Å². The number of fused-ring (bicyclic) bond motifs is 1. The minimum atomic E-state index is 0.396. The lowest BCUT2D eigenvalue weighted by atomic mass is 10.0. The molecule has 1 fully saturated rings. The summed E-state index contributed by atoms with van der Waals surface area (Å²) in [6, 6.07) is 12.6. The Balaban J connectivity index is 1.69. The Morgan fingerprint density at radius 3 is 2.67 bits per heavy atom. The maximum Gasteiger partial charge on any atom is 0.120 e. The first-order valence-corrected chi connectivity index (χ1v) is 7.93. The Kier molecular flexibility index (Phi) is 4.42. The second-order valence-corrected chi connectivity index (χ2v) is 5.87. The molecule has 2 N–H and O–H groups in total. The van der Waals surface area contributed by atoms with Gasteiger partial charge in [0.25, 0.3) is 0 Å². The highest BCUT2D eigenvalue weighted by atomic mass is 16.3. The van der Waals surface area contributed by atoms with Crippen molar-refractivity contribution in [1.82, 2.24) is 10.2 Å². The number of piperidine rings is 1. The van der Waals surface area contributed by atoms with Crippen LogP contribution < -0.4 is 5.32 Å². The molecule has 0 amide bonds. The molecule has 1 heterocycles. The van der Waals surface area contributed by atoms with Crippen LogP contribution in [0.15, 0.2) is 36.4 Å². The van der Waals surface area contributed by atoms with E-state index in [0.717, 1.165) is 24.0 Å². The maximum absolute atomic E-state index is 10.2. The van der Waals surface area contributed by atoms with Crippen LogP contribution in [0.1, 0.15) is 25.3 Å². The van der Waals surface area contributed by atoms with E-state index in [1.807, 2.05) is 18.2 Å². The average molecular weight is 284 g/mol. The summed E-state index contributed by atoms with van der Waals surface area (Å²) in [5.41, 5.74) is 1.02. The van der Waals surface area contributed by atoms with Gasteiger partial charge in [0, 0.05) is 18.2 Å². The van der Waals surface area contributed by atoms with Crippen LogP contribution in [-0.4, -0.2) is 35.7 Å². The molecule has 1 aliphatic heterocycles. The molecule has 0 unspecified atom stereocenters. The third-order valence-corrected chi connectivity index (χ3v) is 4.62. The molecule has 21 heavy (non-hydrogen) atoms. The summed E-state index contributed by atoms with van der Waals surface area (Å²) in [5.74, 6) is 0.396. The summed E-state index contributed by atoms with van der Waals surface area (Å²) in [5, 5.41) is 16.1. The Morgan fingerprint density at radius 2 is 1.90 bits per heavy atom. The predicted molar refractivity (Wildman–Crippen MR) is 87.6 cm³/mol. The minimum absolute atomic E-state index is 0.396. The molecule has 0 bridgehead atoms. The zero-order valence-electron chi connectivity index (χ0n) is 12.7. The van der Waals surface area contributed by atoms with Crippen LogP contribution >= 0.6 is 0 Å². The number of rotatable bonds is 4. The monoisotopic (exact) mass is 284 g/mol. The Labute approximate surface area is 126 Å². The van der Waals surface area contributed by atoms with Crippen molar-refractivity contribution in [3.05, 3.63) is 42.0 Å². The van der Waals surface area contributed by atoms with E-state index < -0.39 is 0 Å². The summed E-state index contributed by atoms with van der Waals surface area (Å²) in [6.45, 7) is 6.47. The molecule has 3 nitrogen and oxygen atoms in total. The van der Waals surface area contributed by atoms with Crippen LogP contribution in [0.5, 0.6) is 5.75 Å². The number of phenols is 1. The number of benzene rings is 2. The summed E-state index contributed by atoms with van der Waals surface area (Å²) in [6.07, 6.45) is 2.39. The Morgan fingerprint density at radius 1 is 1.14 bits per heavy atom. The molecule has 112 valence electrons. The quantitative estimate of drug-likeness (QED) is 0.905. The topological polar surface area (TPSA) is 35.5 Å². The van der Waals surface area contributed by atoms with E-state index in [2.05, 4.69) is 29.3 Å². The van der Waals surface area contributed by atoms with Crippen molar-refractivity contribution in [2.24, 2.45) is 0 Å². The van der Waals surface area contributed by atoms with Gasteiger partial charge >= 0.3 is 0 Å². The lowest BCUT2D eigenvalue weighted by Gasteiger charge is -2.31. The number of nitrogens with one attached hydrogen (secondary N) is 1.